The third-order valence-corrected chi connectivity index (χ3v) is 6.26. The molecule has 1 saturated heterocycles. The van der Waals surface area contributed by atoms with Crippen molar-refractivity contribution < 1.29 is 17.9 Å². The fourth-order valence-electron chi connectivity index (χ4n) is 3.12. The Kier molecular flexibility index (Phi) is 4.67. The zero-order chi connectivity index (χ0) is 15.6. The first-order chi connectivity index (χ1) is 10.6. The van der Waals surface area contributed by atoms with Crippen LogP contribution in [-0.4, -0.2) is 56.5 Å². The number of methoxy groups -OCH3 is 1. The summed E-state index contributed by atoms with van der Waals surface area (Å²) >= 11 is 0. The van der Waals surface area contributed by atoms with Crippen LogP contribution in [0.5, 0.6) is 5.75 Å². The van der Waals surface area contributed by atoms with Crippen molar-refractivity contribution in [1.29, 1.82) is 0 Å². The zero-order valence-corrected chi connectivity index (χ0v) is 13.6. The molecule has 0 aromatic heterocycles. The van der Waals surface area contributed by atoms with Crippen molar-refractivity contribution >= 4 is 10.2 Å². The van der Waals surface area contributed by atoms with Crippen LogP contribution in [0.2, 0.25) is 0 Å². The lowest BCUT2D eigenvalue weighted by atomic mass is 10.2. The normalized spacial score (nSPS) is 23.8. The van der Waals surface area contributed by atoms with E-state index in [1.54, 1.807) is 11.4 Å². The molecule has 1 aromatic carbocycles. The van der Waals surface area contributed by atoms with Crippen LogP contribution in [-0.2, 0) is 21.5 Å². The molecule has 2 heterocycles. The van der Waals surface area contributed by atoms with Crippen molar-refractivity contribution in [3.05, 3.63) is 29.8 Å². The Morgan fingerprint density at radius 3 is 2.95 bits per heavy atom. The van der Waals surface area contributed by atoms with Gasteiger partial charge >= 0.3 is 0 Å². The summed E-state index contributed by atoms with van der Waals surface area (Å²) in [6.45, 7) is 2.11. The first-order valence-corrected chi connectivity index (χ1v) is 8.99. The second-order valence-corrected chi connectivity index (χ2v) is 7.54. The molecular weight excluding hydrogens is 304 g/mol. The van der Waals surface area contributed by atoms with Gasteiger partial charge in [0, 0.05) is 38.3 Å². The van der Waals surface area contributed by atoms with Crippen LogP contribution in [0.15, 0.2) is 24.3 Å². The third kappa shape index (κ3) is 2.99. The van der Waals surface area contributed by atoms with Crippen molar-refractivity contribution in [1.82, 2.24) is 8.61 Å². The lowest BCUT2D eigenvalue weighted by molar-refractivity contribution is 0.145. The summed E-state index contributed by atoms with van der Waals surface area (Å²) in [6, 6.07) is 7.55. The Labute approximate surface area is 131 Å². The van der Waals surface area contributed by atoms with Crippen molar-refractivity contribution in [3.63, 3.8) is 0 Å². The van der Waals surface area contributed by atoms with E-state index in [2.05, 4.69) is 0 Å². The van der Waals surface area contributed by atoms with Gasteiger partial charge in [0.2, 0.25) is 0 Å². The summed E-state index contributed by atoms with van der Waals surface area (Å²) < 4.78 is 39.9. The number of nitrogens with zero attached hydrogens (tertiary/aromatic N) is 2. The molecular formula is C15H22N2O4S. The minimum absolute atomic E-state index is 0.0607. The minimum atomic E-state index is -3.49. The number of fused-ring (bicyclic) bond motifs is 1. The third-order valence-electron chi connectivity index (χ3n) is 4.22. The molecule has 0 amide bonds. The molecule has 1 atom stereocenters. The van der Waals surface area contributed by atoms with Gasteiger partial charge in [0.05, 0.1) is 6.61 Å². The van der Waals surface area contributed by atoms with Crippen LogP contribution in [0.25, 0.3) is 0 Å². The maximum absolute atomic E-state index is 13.0. The van der Waals surface area contributed by atoms with Gasteiger partial charge in [0.15, 0.2) is 0 Å². The highest BCUT2D eigenvalue weighted by Crippen LogP contribution is 2.28. The SMILES string of the molecule is COC[C@H]1CCCN1S(=O)(=O)N1CCOc2ccccc2C1. The Bertz CT molecular complexity index is 620. The molecule has 2 aliphatic heterocycles. The maximum Gasteiger partial charge on any atom is 0.282 e. The average Bonchev–Trinajstić information content (AvgIpc) is 2.86. The molecule has 6 nitrogen and oxygen atoms in total. The topological polar surface area (TPSA) is 59.1 Å². The van der Waals surface area contributed by atoms with Gasteiger partial charge in [-0.15, -0.1) is 0 Å². The molecule has 0 bridgehead atoms. The second-order valence-electron chi connectivity index (χ2n) is 5.66. The lowest BCUT2D eigenvalue weighted by Gasteiger charge is -2.29. The van der Waals surface area contributed by atoms with Crippen molar-refractivity contribution in [2.24, 2.45) is 0 Å². The van der Waals surface area contributed by atoms with Gasteiger partial charge in [-0.1, -0.05) is 18.2 Å². The van der Waals surface area contributed by atoms with E-state index in [-0.39, 0.29) is 6.04 Å². The number of benzene rings is 1. The molecule has 0 N–H and O–H groups in total. The maximum atomic E-state index is 13.0. The summed E-state index contributed by atoms with van der Waals surface area (Å²) in [5, 5.41) is 0. The lowest BCUT2D eigenvalue weighted by Crippen LogP contribution is -2.47. The van der Waals surface area contributed by atoms with Crippen LogP contribution in [0.1, 0.15) is 18.4 Å². The number of hydrogen-bond donors (Lipinski definition) is 0. The number of ether oxygens (including phenoxy) is 2. The largest absolute Gasteiger partial charge is 0.492 e. The monoisotopic (exact) mass is 326 g/mol. The highest BCUT2D eigenvalue weighted by Gasteiger charge is 2.38. The van der Waals surface area contributed by atoms with Crippen molar-refractivity contribution in [3.8, 4) is 5.75 Å². The Morgan fingerprint density at radius 2 is 2.14 bits per heavy atom. The summed E-state index contributed by atoms with van der Waals surface area (Å²) in [4.78, 5) is 0. The highest BCUT2D eigenvalue weighted by molar-refractivity contribution is 7.86. The Hall–Kier alpha value is -1.15. The first-order valence-electron chi connectivity index (χ1n) is 7.59. The van der Waals surface area contributed by atoms with E-state index in [9.17, 15) is 8.42 Å². The minimum Gasteiger partial charge on any atom is -0.492 e. The molecule has 2 aliphatic rings. The summed E-state index contributed by atoms with van der Waals surface area (Å²) in [5.74, 6) is 0.773. The van der Waals surface area contributed by atoms with Gasteiger partial charge in [0.1, 0.15) is 12.4 Å². The van der Waals surface area contributed by atoms with Gasteiger partial charge in [-0.2, -0.15) is 17.0 Å². The first kappa shape index (κ1) is 15.7. The van der Waals surface area contributed by atoms with Gasteiger partial charge in [0.25, 0.3) is 10.2 Å². The van der Waals surface area contributed by atoms with Gasteiger partial charge in [-0.3, -0.25) is 0 Å². The van der Waals surface area contributed by atoms with E-state index in [4.69, 9.17) is 9.47 Å². The van der Waals surface area contributed by atoms with E-state index in [1.165, 1.54) is 4.31 Å². The number of hydrogen-bond acceptors (Lipinski definition) is 4. The summed E-state index contributed by atoms with van der Waals surface area (Å²) in [7, 11) is -1.88. The van der Waals surface area contributed by atoms with E-state index < -0.39 is 10.2 Å². The van der Waals surface area contributed by atoms with Crippen molar-refractivity contribution in [2.75, 3.05) is 33.4 Å². The molecule has 0 aliphatic carbocycles. The number of para-hydroxylation sites is 1. The molecule has 3 rings (SSSR count). The molecule has 0 unspecified atom stereocenters. The van der Waals surface area contributed by atoms with E-state index in [0.717, 1.165) is 24.2 Å². The van der Waals surface area contributed by atoms with Crippen LogP contribution >= 0.6 is 0 Å². The van der Waals surface area contributed by atoms with E-state index in [1.807, 2.05) is 24.3 Å². The standard InChI is InChI=1S/C15H22N2O4S/c1-20-12-14-6-4-8-17(14)22(18,19)16-9-10-21-15-7-3-2-5-13(15)11-16/h2-3,5,7,14H,4,6,8-12H2,1H3/t14-/m1/s1. The summed E-state index contributed by atoms with van der Waals surface area (Å²) in [5.41, 5.74) is 0.908. The quantitative estimate of drug-likeness (QED) is 0.835. The second kappa shape index (κ2) is 6.54. The predicted octanol–water partition coefficient (Wildman–Crippen LogP) is 1.24. The summed E-state index contributed by atoms with van der Waals surface area (Å²) in [6.07, 6.45) is 1.74. The number of rotatable bonds is 4. The fraction of sp³-hybridized carbons (Fsp3) is 0.600. The zero-order valence-electron chi connectivity index (χ0n) is 12.8. The van der Waals surface area contributed by atoms with E-state index in [0.29, 0.717) is 32.8 Å². The van der Waals surface area contributed by atoms with Crippen LogP contribution in [0, 0.1) is 0 Å². The van der Waals surface area contributed by atoms with Crippen LogP contribution in [0.4, 0.5) is 0 Å². The molecule has 1 fully saturated rings. The molecule has 0 spiro atoms. The highest BCUT2D eigenvalue weighted by atomic mass is 32.2. The van der Waals surface area contributed by atoms with Crippen LogP contribution < -0.4 is 4.74 Å². The molecule has 22 heavy (non-hydrogen) atoms. The molecule has 1 aromatic rings. The molecule has 0 radical (unpaired) electrons. The average molecular weight is 326 g/mol. The Balaban J connectivity index is 1.83. The molecule has 7 heteroatoms. The molecule has 0 saturated carbocycles. The van der Waals surface area contributed by atoms with Gasteiger partial charge < -0.3 is 9.47 Å². The fourth-order valence-corrected chi connectivity index (χ4v) is 4.93. The smallest absolute Gasteiger partial charge is 0.282 e. The predicted molar refractivity (Wildman–Crippen MR) is 82.9 cm³/mol. The van der Waals surface area contributed by atoms with Gasteiger partial charge in [-0.25, -0.2) is 0 Å². The van der Waals surface area contributed by atoms with Crippen LogP contribution in [0.3, 0.4) is 0 Å². The Morgan fingerprint density at radius 1 is 1.32 bits per heavy atom. The van der Waals surface area contributed by atoms with E-state index >= 15 is 0 Å². The van der Waals surface area contributed by atoms with Gasteiger partial charge in [-0.05, 0) is 18.9 Å². The van der Waals surface area contributed by atoms with Crippen molar-refractivity contribution in [2.45, 2.75) is 25.4 Å². The molecule has 122 valence electrons.